The molecule has 9 nitrogen and oxygen atoms in total. The molecule has 3 aliphatic heterocycles. The van der Waals surface area contributed by atoms with Crippen LogP contribution < -0.4 is 9.47 Å². The normalized spacial score (nSPS) is 47.0. The van der Waals surface area contributed by atoms with Gasteiger partial charge in [0.2, 0.25) is 6.29 Å². The van der Waals surface area contributed by atoms with E-state index in [2.05, 4.69) is 11.9 Å². The zero-order valence-electron chi connectivity index (χ0n) is 18.0. The number of likely N-dealkylation sites (tertiary alicyclic amines) is 1. The van der Waals surface area contributed by atoms with E-state index in [1.165, 1.54) is 5.56 Å². The van der Waals surface area contributed by atoms with Gasteiger partial charge in [0.25, 0.3) is 0 Å². The van der Waals surface area contributed by atoms with E-state index in [1.54, 1.807) is 6.07 Å². The molecular formula is C23H31NO8. The minimum absolute atomic E-state index is 0.257. The van der Waals surface area contributed by atoms with Crippen LogP contribution >= 0.6 is 0 Å². The zero-order chi connectivity index (χ0) is 22.4. The zero-order valence-corrected chi connectivity index (χ0v) is 18.0. The highest BCUT2D eigenvalue weighted by Crippen LogP contribution is 2.63. The smallest absolute Gasteiger partial charge is 0.229 e. The number of hydrogen-bond donors (Lipinski definition) is 5. The molecule has 0 radical (unpaired) electrons. The number of likely N-dealkylation sites (N-methyl/N-ethyl adjacent to an activating group) is 1. The van der Waals surface area contributed by atoms with Crippen LogP contribution in [0.3, 0.4) is 0 Å². The summed E-state index contributed by atoms with van der Waals surface area (Å²) in [4.78, 5) is 2.43. The first kappa shape index (κ1) is 21.1. The Morgan fingerprint density at radius 3 is 2.72 bits per heavy atom. The first-order valence-corrected chi connectivity index (χ1v) is 11.5. The van der Waals surface area contributed by atoms with Crippen molar-refractivity contribution in [2.24, 2.45) is 5.92 Å². The third kappa shape index (κ3) is 2.64. The van der Waals surface area contributed by atoms with Gasteiger partial charge in [0.15, 0.2) is 11.5 Å². The Bertz CT molecular complexity index is 910. The van der Waals surface area contributed by atoms with E-state index in [9.17, 15) is 25.5 Å². The minimum Gasteiger partial charge on any atom is -0.483 e. The van der Waals surface area contributed by atoms with Gasteiger partial charge in [-0.15, -0.1) is 0 Å². The van der Waals surface area contributed by atoms with Crippen LogP contribution in [-0.2, 0) is 16.6 Å². The molecule has 10 atom stereocenters. The Morgan fingerprint density at radius 2 is 1.94 bits per heavy atom. The van der Waals surface area contributed by atoms with Gasteiger partial charge in [0, 0.05) is 17.0 Å². The molecule has 1 spiro atoms. The van der Waals surface area contributed by atoms with Crippen LogP contribution in [0.1, 0.15) is 30.4 Å². The van der Waals surface area contributed by atoms with Crippen molar-refractivity contribution < 1.29 is 39.7 Å². The second-order valence-corrected chi connectivity index (χ2v) is 10.1. The molecule has 32 heavy (non-hydrogen) atoms. The number of ether oxygens (including phenoxy) is 3. The predicted octanol–water partition coefficient (Wildman–Crippen LogP) is -1.10. The van der Waals surface area contributed by atoms with Crippen LogP contribution in [0.4, 0.5) is 0 Å². The van der Waals surface area contributed by atoms with E-state index >= 15 is 0 Å². The number of hydrogen-bond acceptors (Lipinski definition) is 9. The molecule has 0 aromatic heterocycles. The summed E-state index contributed by atoms with van der Waals surface area (Å²) < 4.78 is 18.0. The molecule has 0 amide bonds. The fourth-order valence-corrected chi connectivity index (χ4v) is 7.08. The number of aliphatic hydroxyl groups is 5. The molecular weight excluding hydrogens is 418 g/mol. The molecule has 9 heteroatoms. The van der Waals surface area contributed by atoms with Gasteiger partial charge in [-0.1, -0.05) is 6.07 Å². The monoisotopic (exact) mass is 449 g/mol. The van der Waals surface area contributed by atoms with E-state index in [-0.39, 0.29) is 11.5 Å². The Morgan fingerprint density at radius 1 is 1.12 bits per heavy atom. The number of benzene rings is 1. The van der Waals surface area contributed by atoms with Crippen LogP contribution in [0, 0.1) is 5.92 Å². The first-order chi connectivity index (χ1) is 15.4. The molecule has 5 N–H and O–H groups in total. The van der Waals surface area contributed by atoms with Crippen molar-refractivity contribution >= 4 is 0 Å². The summed E-state index contributed by atoms with van der Waals surface area (Å²) in [6, 6.07) is 4.22. The van der Waals surface area contributed by atoms with Gasteiger partial charge < -0.3 is 44.6 Å². The standard InChI is InChI=1S/C23H31NO8/c1-24-7-6-23-11-3-4-13(26)21(23)32-20-14(5-2-10(16(20)23)8-12(11)24)30-22-19(29)18(28)17(27)15(9-25)31-22/h2,5,11-13,15,17-19,21-22,25-29H,3-4,6-9H2,1H3/t11-,12+,13-,15+,17+,18-,19+,21-,22?,23-/m0/s1. The minimum atomic E-state index is -1.51. The lowest BCUT2D eigenvalue weighted by atomic mass is 9.51. The quantitative estimate of drug-likeness (QED) is 0.390. The maximum absolute atomic E-state index is 10.9. The molecule has 6 rings (SSSR count). The van der Waals surface area contributed by atoms with E-state index in [0.29, 0.717) is 29.9 Å². The van der Waals surface area contributed by atoms with Crippen LogP contribution in [-0.4, -0.2) is 99.6 Å². The van der Waals surface area contributed by atoms with Crippen molar-refractivity contribution in [1.29, 1.82) is 0 Å². The summed E-state index contributed by atoms with van der Waals surface area (Å²) >= 11 is 0. The van der Waals surface area contributed by atoms with Crippen molar-refractivity contribution in [1.82, 2.24) is 4.90 Å². The number of rotatable bonds is 3. The number of aliphatic hydroxyl groups excluding tert-OH is 5. The number of piperidine rings is 1. The summed E-state index contributed by atoms with van der Waals surface area (Å²) in [7, 11) is 2.18. The van der Waals surface area contributed by atoms with Gasteiger partial charge in [-0.3, -0.25) is 0 Å². The topological polar surface area (TPSA) is 132 Å². The lowest BCUT2D eigenvalue weighted by Crippen LogP contribution is -2.66. The molecule has 2 saturated heterocycles. The van der Waals surface area contributed by atoms with E-state index < -0.39 is 43.4 Å². The molecule has 1 saturated carbocycles. The van der Waals surface area contributed by atoms with E-state index in [4.69, 9.17) is 14.2 Å². The van der Waals surface area contributed by atoms with Gasteiger partial charge in [-0.2, -0.15) is 0 Å². The molecule has 2 bridgehead atoms. The highest BCUT2D eigenvalue weighted by molar-refractivity contribution is 5.61. The second-order valence-electron chi connectivity index (χ2n) is 10.1. The molecule has 176 valence electrons. The maximum Gasteiger partial charge on any atom is 0.229 e. The Balaban J connectivity index is 1.40. The molecule has 1 unspecified atom stereocenters. The lowest BCUT2D eigenvalue weighted by Gasteiger charge is -2.58. The van der Waals surface area contributed by atoms with Crippen molar-refractivity contribution in [3.63, 3.8) is 0 Å². The van der Waals surface area contributed by atoms with Crippen LogP contribution in [0.25, 0.3) is 0 Å². The van der Waals surface area contributed by atoms with Crippen molar-refractivity contribution in [2.45, 2.75) is 80.1 Å². The second kappa shape index (κ2) is 7.27. The van der Waals surface area contributed by atoms with Crippen molar-refractivity contribution in [2.75, 3.05) is 20.2 Å². The van der Waals surface area contributed by atoms with Gasteiger partial charge in [-0.05, 0) is 56.8 Å². The first-order valence-electron chi connectivity index (χ1n) is 11.5. The summed E-state index contributed by atoms with van der Waals surface area (Å²) in [5, 5.41) is 51.0. The largest absolute Gasteiger partial charge is 0.483 e. The molecule has 3 heterocycles. The molecule has 1 aromatic carbocycles. The van der Waals surface area contributed by atoms with Crippen LogP contribution in [0.5, 0.6) is 11.5 Å². The average Bonchev–Trinajstić information content (AvgIpc) is 3.14. The van der Waals surface area contributed by atoms with Crippen LogP contribution in [0.15, 0.2) is 12.1 Å². The fourth-order valence-electron chi connectivity index (χ4n) is 7.08. The summed E-state index contributed by atoms with van der Waals surface area (Å²) in [5.41, 5.74) is 2.05. The van der Waals surface area contributed by atoms with Crippen LogP contribution in [0.2, 0.25) is 0 Å². The molecule has 3 fully saturated rings. The third-order valence-corrected chi connectivity index (χ3v) is 8.64. The Labute approximate surface area is 186 Å². The van der Waals surface area contributed by atoms with E-state index in [1.807, 2.05) is 6.07 Å². The maximum atomic E-state index is 10.9. The molecule has 5 aliphatic rings. The summed E-state index contributed by atoms with van der Waals surface area (Å²) in [6.45, 7) is 0.413. The Kier molecular flexibility index (Phi) is 4.79. The van der Waals surface area contributed by atoms with Crippen molar-refractivity contribution in [3.05, 3.63) is 23.3 Å². The summed E-state index contributed by atoms with van der Waals surface area (Å²) in [5.74, 6) is 1.35. The fraction of sp³-hybridized carbons (Fsp3) is 0.739. The number of nitrogens with zero attached hydrogens (tertiary/aromatic N) is 1. The average molecular weight is 450 g/mol. The predicted molar refractivity (Wildman–Crippen MR) is 110 cm³/mol. The SMILES string of the molecule is CN1CC[C@]23c4c5ccc(OC6O[C@H](CO)[C@@H](O)[C@H](O)[C@H]6O)c4O[C@H]2[C@@H](O)CC[C@H]3[C@H]1C5. The van der Waals surface area contributed by atoms with Gasteiger partial charge >= 0.3 is 0 Å². The van der Waals surface area contributed by atoms with Gasteiger partial charge in [0.05, 0.1) is 12.7 Å². The lowest BCUT2D eigenvalue weighted by molar-refractivity contribution is -0.277. The molecule has 2 aliphatic carbocycles. The van der Waals surface area contributed by atoms with E-state index in [0.717, 1.165) is 31.4 Å². The summed E-state index contributed by atoms with van der Waals surface area (Å²) in [6.07, 6.45) is -4.22. The molecule has 1 aromatic rings. The highest BCUT2D eigenvalue weighted by Gasteiger charge is 2.65. The van der Waals surface area contributed by atoms with Crippen molar-refractivity contribution in [3.8, 4) is 11.5 Å². The highest BCUT2D eigenvalue weighted by atomic mass is 16.7. The Hall–Kier alpha value is -1.46. The van der Waals surface area contributed by atoms with Gasteiger partial charge in [0.1, 0.15) is 30.5 Å². The van der Waals surface area contributed by atoms with Gasteiger partial charge in [-0.25, -0.2) is 0 Å². The third-order valence-electron chi connectivity index (χ3n) is 8.64.